The lowest BCUT2D eigenvalue weighted by molar-refractivity contribution is 0.157. The van der Waals surface area contributed by atoms with Gasteiger partial charge in [-0.3, -0.25) is 0 Å². The minimum atomic E-state index is 0.923. The van der Waals surface area contributed by atoms with E-state index in [-0.39, 0.29) is 0 Å². The van der Waals surface area contributed by atoms with Crippen LogP contribution in [0.4, 0.5) is 0 Å². The molecule has 1 rings (SSSR count). The molecule has 0 bridgehead atoms. The molecule has 0 atom stereocenters. The number of rotatable bonds is 8. The van der Waals surface area contributed by atoms with Crippen molar-refractivity contribution in [2.45, 2.75) is 51.0 Å². The molecule has 0 spiro atoms. The Labute approximate surface area is 89.1 Å². The topological polar surface area (TPSA) is 15.3 Å². The molecular weight excluding hydrogens is 172 g/mol. The van der Waals surface area contributed by atoms with E-state index in [1.165, 1.54) is 58.0 Å². The van der Waals surface area contributed by atoms with Crippen molar-refractivity contribution in [3.05, 3.63) is 0 Å². The molecule has 1 aliphatic rings. The highest BCUT2D eigenvalue weighted by Crippen LogP contribution is 2.23. The summed E-state index contributed by atoms with van der Waals surface area (Å²) in [5.74, 6) is 0. The summed E-state index contributed by atoms with van der Waals surface area (Å²) in [6.07, 6.45) is 9.85. The Bertz CT molecular complexity index is 132. The van der Waals surface area contributed by atoms with E-state index in [2.05, 4.69) is 17.3 Å². The average molecular weight is 198 g/mol. The van der Waals surface area contributed by atoms with E-state index < -0.39 is 0 Å². The van der Waals surface area contributed by atoms with Crippen LogP contribution in [0.3, 0.4) is 0 Å². The van der Waals surface area contributed by atoms with Gasteiger partial charge in [0.15, 0.2) is 0 Å². The molecule has 14 heavy (non-hydrogen) atoms. The van der Waals surface area contributed by atoms with E-state index in [9.17, 15) is 0 Å². The third-order valence-corrected chi connectivity index (χ3v) is 3.39. The SMILES string of the molecule is CNCCCCCCN(C)C1CCC1. The zero-order valence-electron chi connectivity index (χ0n) is 9.89. The second-order valence-electron chi connectivity index (χ2n) is 4.58. The van der Waals surface area contributed by atoms with Crippen molar-refractivity contribution in [3.63, 3.8) is 0 Å². The molecule has 1 N–H and O–H groups in total. The molecule has 0 aromatic rings. The quantitative estimate of drug-likeness (QED) is 0.602. The zero-order valence-corrected chi connectivity index (χ0v) is 9.89. The number of nitrogens with zero attached hydrogens (tertiary/aromatic N) is 1. The lowest BCUT2D eigenvalue weighted by Crippen LogP contribution is -2.37. The maximum absolute atomic E-state index is 3.19. The summed E-state index contributed by atoms with van der Waals surface area (Å²) >= 11 is 0. The minimum Gasteiger partial charge on any atom is -0.320 e. The van der Waals surface area contributed by atoms with E-state index in [0.717, 1.165) is 6.04 Å². The standard InChI is InChI=1S/C12H26N2/c1-13-10-5-3-4-6-11-14(2)12-8-7-9-12/h12-13H,3-11H2,1-2H3. The van der Waals surface area contributed by atoms with Crippen LogP contribution in [0.2, 0.25) is 0 Å². The van der Waals surface area contributed by atoms with Gasteiger partial charge in [-0.2, -0.15) is 0 Å². The van der Waals surface area contributed by atoms with E-state index >= 15 is 0 Å². The van der Waals surface area contributed by atoms with Gasteiger partial charge < -0.3 is 10.2 Å². The van der Waals surface area contributed by atoms with Crippen molar-refractivity contribution in [1.82, 2.24) is 10.2 Å². The van der Waals surface area contributed by atoms with E-state index in [0.29, 0.717) is 0 Å². The molecule has 84 valence electrons. The summed E-state index contributed by atoms with van der Waals surface area (Å²) in [5.41, 5.74) is 0. The van der Waals surface area contributed by atoms with Crippen LogP contribution in [0, 0.1) is 0 Å². The van der Waals surface area contributed by atoms with Crippen molar-refractivity contribution in [2.24, 2.45) is 0 Å². The second-order valence-corrected chi connectivity index (χ2v) is 4.58. The monoisotopic (exact) mass is 198 g/mol. The normalized spacial score (nSPS) is 17.4. The zero-order chi connectivity index (χ0) is 10.2. The Morgan fingerprint density at radius 1 is 1.14 bits per heavy atom. The first-order valence-corrected chi connectivity index (χ1v) is 6.19. The maximum atomic E-state index is 3.19. The molecule has 0 saturated heterocycles. The van der Waals surface area contributed by atoms with Crippen LogP contribution in [0.25, 0.3) is 0 Å². The van der Waals surface area contributed by atoms with Crippen LogP contribution < -0.4 is 5.32 Å². The lowest BCUT2D eigenvalue weighted by Gasteiger charge is -2.34. The fourth-order valence-corrected chi connectivity index (χ4v) is 2.03. The fraction of sp³-hybridized carbons (Fsp3) is 1.00. The van der Waals surface area contributed by atoms with Crippen molar-refractivity contribution in [3.8, 4) is 0 Å². The number of nitrogens with one attached hydrogen (secondary N) is 1. The Morgan fingerprint density at radius 3 is 2.43 bits per heavy atom. The molecule has 1 saturated carbocycles. The Hall–Kier alpha value is -0.0800. The van der Waals surface area contributed by atoms with Gasteiger partial charge in [-0.15, -0.1) is 0 Å². The predicted octanol–water partition coefficient (Wildman–Crippen LogP) is 2.25. The van der Waals surface area contributed by atoms with Gasteiger partial charge >= 0.3 is 0 Å². The molecular formula is C12H26N2. The van der Waals surface area contributed by atoms with Crippen molar-refractivity contribution in [1.29, 1.82) is 0 Å². The first kappa shape index (κ1) is 12.0. The molecule has 1 fully saturated rings. The van der Waals surface area contributed by atoms with E-state index in [4.69, 9.17) is 0 Å². The minimum absolute atomic E-state index is 0.923. The molecule has 2 heteroatoms. The number of hydrogen-bond acceptors (Lipinski definition) is 2. The van der Waals surface area contributed by atoms with Crippen LogP contribution in [0.5, 0.6) is 0 Å². The molecule has 1 aliphatic carbocycles. The number of hydrogen-bond donors (Lipinski definition) is 1. The van der Waals surface area contributed by atoms with Crippen LogP contribution in [0.15, 0.2) is 0 Å². The van der Waals surface area contributed by atoms with Crippen LogP contribution in [0.1, 0.15) is 44.9 Å². The van der Waals surface area contributed by atoms with Crippen LogP contribution >= 0.6 is 0 Å². The largest absolute Gasteiger partial charge is 0.320 e. The highest BCUT2D eigenvalue weighted by Gasteiger charge is 2.20. The van der Waals surface area contributed by atoms with Gasteiger partial charge in [-0.05, 0) is 52.9 Å². The molecule has 0 heterocycles. The first-order chi connectivity index (χ1) is 6.84. The molecule has 0 unspecified atom stereocenters. The van der Waals surface area contributed by atoms with Crippen LogP contribution in [-0.2, 0) is 0 Å². The molecule has 0 aromatic carbocycles. The fourth-order valence-electron chi connectivity index (χ4n) is 2.03. The van der Waals surface area contributed by atoms with E-state index in [1.54, 1.807) is 0 Å². The lowest BCUT2D eigenvalue weighted by atomic mass is 9.92. The van der Waals surface area contributed by atoms with E-state index in [1.807, 2.05) is 7.05 Å². The Balaban J connectivity index is 1.82. The van der Waals surface area contributed by atoms with Gasteiger partial charge in [-0.1, -0.05) is 19.3 Å². The summed E-state index contributed by atoms with van der Waals surface area (Å²) < 4.78 is 0. The summed E-state index contributed by atoms with van der Waals surface area (Å²) in [5, 5.41) is 3.19. The molecule has 0 aromatic heterocycles. The van der Waals surface area contributed by atoms with Crippen LogP contribution in [-0.4, -0.2) is 38.1 Å². The van der Waals surface area contributed by atoms with Crippen molar-refractivity contribution in [2.75, 3.05) is 27.2 Å². The number of unbranched alkanes of at least 4 members (excludes halogenated alkanes) is 3. The highest BCUT2D eigenvalue weighted by atomic mass is 15.1. The maximum Gasteiger partial charge on any atom is 0.00922 e. The Morgan fingerprint density at radius 2 is 1.86 bits per heavy atom. The molecule has 0 amide bonds. The third kappa shape index (κ3) is 4.43. The Kier molecular flexibility index (Phi) is 6.20. The molecule has 0 radical (unpaired) electrons. The summed E-state index contributed by atoms with van der Waals surface area (Å²) in [7, 11) is 4.32. The summed E-state index contributed by atoms with van der Waals surface area (Å²) in [6, 6.07) is 0.923. The van der Waals surface area contributed by atoms with Gasteiger partial charge in [-0.25, -0.2) is 0 Å². The summed E-state index contributed by atoms with van der Waals surface area (Å²) in [4.78, 5) is 2.56. The second kappa shape index (κ2) is 7.24. The van der Waals surface area contributed by atoms with Gasteiger partial charge in [0.25, 0.3) is 0 Å². The summed E-state index contributed by atoms with van der Waals surface area (Å²) in [6.45, 7) is 2.49. The average Bonchev–Trinajstić information content (AvgIpc) is 2.08. The van der Waals surface area contributed by atoms with Crippen molar-refractivity contribution >= 4 is 0 Å². The predicted molar refractivity (Wildman–Crippen MR) is 62.7 cm³/mol. The van der Waals surface area contributed by atoms with Gasteiger partial charge in [0, 0.05) is 6.04 Å². The first-order valence-electron chi connectivity index (χ1n) is 6.19. The van der Waals surface area contributed by atoms with Gasteiger partial charge in [0.1, 0.15) is 0 Å². The molecule has 2 nitrogen and oxygen atoms in total. The molecule has 0 aliphatic heterocycles. The third-order valence-electron chi connectivity index (χ3n) is 3.39. The highest BCUT2D eigenvalue weighted by molar-refractivity contribution is 4.77. The smallest absolute Gasteiger partial charge is 0.00922 e. The van der Waals surface area contributed by atoms with Crippen molar-refractivity contribution < 1.29 is 0 Å². The van der Waals surface area contributed by atoms with Gasteiger partial charge in [0.05, 0.1) is 0 Å². The van der Waals surface area contributed by atoms with Gasteiger partial charge in [0.2, 0.25) is 0 Å².